The fourth-order valence-electron chi connectivity index (χ4n) is 3.76. The van der Waals surface area contributed by atoms with E-state index in [1.54, 1.807) is 0 Å². The highest BCUT2D eigenvalue weighted by molar-refractivity contribution is 5.84. The number of rotatable bonds is 2. The first-order valence-electron chi connectivity index (χ1n) is 8.79. The molecule has 1 saturated carbocycles. The Balaban J connectivity index is 0.000000771. The van der Waals surface area contributed by atoms with E-state index < -0.39 is 24.1 Å². The smallest absolute Gasteiger partial charge is 0.327 e. The monoisotopic (exact) mass is 427 g/mol. The van der Waals surface area contributed by atoms with E-state index in [9.17, 15) is 26.3 Å². The van der Waals surface area contributed by atoms with E-state index in [2.05, 4.69) is 15.3 Å². The maximum Gasteiger partial charge on any atom is 0.379 e. The van der Waals surface area contributed by atoms with Crippen molar-refractivity contribution in [2.75, 3.05) is 19.6 Å². The number of hydrogen-bond acceptors (Lipinski definition) is 5. The zero-order chi connectivity index (χ0) is 20.8. The second-order valence-corrected chi connectivity index (χ2v) is 6.72. The van der Waals surface area contributed by atoms with Gasteiger partial charge >= 0.3 is 6.68 Å². The Labute approximate surface area is 166 Å². The average Bonchev–Trinajstić information content (AvgIpc) is 2.64. The molecule has 1 heterocycles. The summed E-state index contributed by atoms with van der Waals surface area (Å²) in [5, 5.41) is 0. The molecule has 3 atom stereocenters. The Kier molecular flexibility index (Phi) is 9.87. The minimum Gasteiger partial charge on any atom is -0.327 e. The van der Waals surface area contributed by atoms with Gasteiger partial charge < -0.3 is 11.2 Å². The van der Waals surface area contributed by atoms with Crippen molar-refractivity contribution in [3.05, 3.63) is 35.1 Å². The van der Waals surface area contributed by atoms with Crippen LogP contribution in [0.1, 0.15) is 38.2 Å². The summed E-state index contributed by atoms with van der Waals surface area (Å²) in [7, 11) is 0. The molecule has 0 spiro atoms. The quantitative estimate of drug-likeness (QED) is 0.293. The van der Waals surface area contributed by atoms with Crippen LogP contribution in [0, 0.1) is 17.5 Å². The van der Waals surface area contributed by atoms with Gasteiger partial charge in [0.1, 0.15) is 11.7 Å². The van der Waals surface area contributed by atoms with Crippen LogP contribution in [0.25, 0.3) is 0 Å². The summed E-state index contributed by atoms with van der Waals surface area (Å²) in [5.74, 6) is 2.92. The molecule has 2 aliphatic rings. The lowest BCUT2D eigenvalue weighted by Gasteiger charge is -2.41. The Hall–Kier alpha value is -1.85. The lowest BCUT2D eigenvalue weighted by atomic mass is 9.77. The van der Waals surface area contributed by atoms with E-state index in [-0.39, 0.29) is 31.0 Å². The predicted molar refractivity (Wildman–Crippen MR) is 99.7 cm³/mol. The summed E-state index contributed by atoms with van der Waals surface area (Å²) in [4.78, 5) is 6.55. The van der Waals surface area contributed by atoms with Crippen molar-refractivity contribution in [3.63, 3.8) is 0 Å². The number of amidine groups is 1. The average molecular weight is 427 g/mol. The number of nitrogens with two attached hydrogens (primary N) is 2. The molecule has 166 valence electrons. The van der Waals surface area contributed by atoms with Gasteiger partial charge in [-0.3, -0.25) is 9.89 Å². The van der Waals surface area contributed by atoms with Crippen LogP contribution >= 0.6 is 0 Å². The van der Waals surface area contributed by atoms with Gasteiger partial charge in [-0.25, -0.2) is 19.0 Å². The third-order valence-corrected chi connectivity index (χ3v) is 5.04. The van der Waals surface area contributed by atoms with Crippen molar-refractivity contribution in [2.24, 2.45) is 16.6 Å². The number of benzene rings is 1. The zero-order valence-electron chi connectivity index (χ0n) is 15.0. The molecular weight excluding hydrogens is 400 g/mol. The Morgan fingerprint density at radius 2 is 1.69 bits per heavy atom. The molecule has 0 saturated heterocycles. The summed E-state index contributed by atoms with van der Waals surface area (Å²) in [6.45, 7) is -1.53. The van der Waals surface area contributed by atoms with E-state index in [1.807, 2.05) is 0 Å². The molecule has 5 N–H and O–H groups in total. The van der Waals surface area contributed by atoms with Crippen LogP contribution in [0.3, 0.4) is 0 Å². The van der Waals surface area contributed by atoms with Gasteiger partial charge in [0.05, 0.1) is 13.1 Å². The van der Waals surface area contributed by atoms with Crippen LogP contribution < -0.4 is 17.0 Å². The maximum absolute atomic E-state index is 14.0. The molecule has 11 heteroatoms. The molecule has 0 radical (unpaired) electrons. The van der Waals surface area contributed by atoms with Gasteiger partial charge in [0, 0.05) is 30.6 Å². The van der Waals surface area contributed by atoms with Gasteiger partial charge in [0.2, 0.25) is 0 Å². The van der Waals surface area contributed by atoms with Gasteiger partial charge in [-0.05, 0) is 30.9 Å². The number of hydrogen-bond donors (Lipinski definition) is 3. The normalized spacial score (nSPS) is 24.9. The van der Waals surface area contributed by atoms with Crippen molar-refractivity contribution < 1.29 is 26.3 Å². The summed E-state index contributed by atoms with van der Waals surface area (Å²) < 4.78 is 69.6. The van der Waals surface area contributed by atoms with E-state index in [1.165, 1.54) is 0 Å². The van der Waals surface area contributed by atoms with Gasteiger partial charge in [0.15, 0.2) is 11.6 Å². The molecule has 1 aromatic carbocycles. The van der Waals surface area contributed by atoms with Crippen molar-refractivity contribution in [2.45, 2.75) is 51.4 Å². The standard InChI is InChI=1S/C16H22F3N5.CHF3.CH4/c17-12-7-14(19)13(18)6-11(12)10-2-1-9(5-15(10)20)24-4-3-22-16(8-24)23-21;2-1(3)4;/h6-7,9-10,15H,1-5,8,20-21H2,(H,22,23);1H;1H4/t9-,10+,15-;;/m0../s1. The number of alkyl halides is 3. The van der Waals surface area contributed by atoms with Gasteiger partial charge in [-0.15, -0.1) is 0 Å². The van der Waals surface area contributed by atoms with E-state index in [0.29, 0.717) is 32.0 Å². The maximum atomic E-state index is 14.0. The summed E-state index contributed by atoms with van der Waals surface area (Å²) in [6, 6.07) is 1.49. The summed E-state index contributed by atoms with van der Waals surface area (Å²) >= 11 is 0. The molecule has 1 fully saturated rings. The van der Waals surface area contributed by atoms with Gasteiger partial charge in [-0.1, -0.05) is 7.43 Å². The topological polar surface area (TPSA) is 79.7 Å². The number of nitrogens with one attached hydrogen (secondary N) is 1. The molecule has 1 aromatic rings. The lowest BCUT2D eigenvalue weighted by molar-refractivity contribution is 0.00819. The van der Waals surface area contributed by atoms with Crippen LogP contribution in [0.4, 0.5) is 26.3 Å². The minimum atomic E-state index is -3.67. The van der Waals surface area contributed by atoms with Crippen molar-refractivity contribution in [3.8, 4) is 0 Å². The number of nitrogens with zero attached hydrogens (tertiary/aromatic N) is 2. The number of hydrazine groups is 1. The molecule has 0 amide bonds. The third kappa shape index (κ3) is 6.86. The summed E-state index contributed by atoms with van der Waals surface area (Å²) in [6.07, 6.45) is 2.11. The first kappa shape index (κ1) is 25.2. The van der Waals surface area contributed by atoms with Crippen molar-refractivity contribution in [1.29, 1.82) is 0 Å². The second-order valence-electron chi connectivity index (χ2n) is 6.72. The fourth-order valence-corrected chi connectivity index (χ4v) is 3.76. The molecular formula is C18H27F6N5. The largest absolute Gasteiger partial charge is 0.379 e. The van der Waals surface area contributed by atoms with Crippen LogP contribution in [0.15, 0.2) is 17.1 Å². The highest BCUT2D eigenvalue weighted by Gasteiger charge is 2.34. The highest BCUT2D eigenvalue weighted by atomic mass is 19.4. The third-order valence-electron chi connectivity index (χ3n) is 5.04. The van der Waals surface area contributed by atoms with E-state index in [4.69, 9.17) is 11.6 Å². The Bertz CT molecular complexity index is 684. The molecule has 1 aliphatic heterocycles. The molecule has 0 unspecified atom stereocenters. The Morgan fingerprint density at radius 1 is 1.07 bits per heavy atom. The lowest BCUT2D eigenvalue weighted by Crippen LogP contribution is -2.52. The first-order valence-corrected chi connectivity index (χ1v) is 8.79. The van der Waals surface area contributed by atoms with E-state index in [0.717, 1.165) is 24.9 Å². The predicted octanol–water partition coefficient (Wildman–Crippen LogP) is 3.06. The molecule has 29 heavy (non-hydrogen) atoms. The summed E-state index contributed by atoms with van der Waals surface area (Å²) in [5.41, 5.74) is 9.01. The van der Waals surface area contributed by atoms with Crippen molar-refractivity contribution in [1.82, 2.24) is 10.3 Å². The van der Waals surface area contributed by atoms with Gasteiger partial charge in [0.25, 0.3) is 0 Å². The SMILES string of the molecule is C.FC(F)F.NNC1=NCCN([C@H]2CC[C@H](c3cc(F)c(F)cc3F)[C@@H](N)C2)C1. The van der Waals surface area contributed by atoms with Crippen molar-refractivity contribution >= 4 is 5.84 Å². The van der Waals surface area contributed by atoms with Crippen LogP contribution in [-0.4, -0.2) is 49.1 Å². The molecule has 5 nitrogen and oxygen atoms in total. The Morgan fingerprint density at radius 3 is 2.28 bits per heavy atom. The molecule has 3 rings (SSSR count). The zero-order valence-corrected chi connectivity index (χ0v) is 15.0. The van der Waals surface area contributed by atoms with Crippen LogP contribution in [-0.2, 0) is 0 Å². The molecule has 0 aromatic heterocycles. The number of aliphatic imine (C=N–C) groups is 1. The first-order chi connectivity index (χ1) is 13.2. The number of halogens is 6. The minimum absolute atomic E-state index is 0. The van der Waals surface area contributed by atoms with E-state index >= 15 is 0 Å². The van der Waals surface area contributed by atoms with Crippen LogP contribution in [0.5, 0.6) is 0 Å². The second kappa shape index (κ2) is 11.4. The molecule has 1 aliphatic carbocycles. The fraction of sp³-hybridized carbons (Fsp3) is 0.611. The highest BCUT2D eigenvalue weighted by Crippen LogP contribution is 2.36. The molecule has 0 bridgehead atoms. The van der Waals surface area contributed by atoms with Gasteiger partial charge in [-0.2, -0.15) is 13.2 Å². The van der Waals surface area contributed by atoms with Crippen LogP contribution in [0.2, 0.25) is 0 Å².